The van der Waals surface area contributed by atoms with E-state index in [2.05, 4.69) is 4.98 Å². The van der Waals surface area contributed by atoms with Crippen LogP contribution < -0.4 is 9.64 Å². The maximum absolute atomic E-state index is 13.4. The molecular formula is C33H35F3N4O5. The van der Waals surface area contributed by atoms with Crippen molar-refractivity contribution >= 4 is 18.0 Å². The quantitative estimate of drug-likeness (QED) is 0.291. The molecule has 6 rings (SSSR count). The minimum Gasteiger partial charge on any atom is -0.496 e. The van der Waals surface area contributed by atoms with Crippen LogP contribution in [-0.4, -0.2) is 58.3 Å². The second-order valence-electron chi connectivity index (χ2n) is 12.0. The number of alkyl halides is 3. The Kier molecular flexibility index (Phi) is 8.32. The number of carboxylic acid groups (broad SMARTS) is 1. The fourth-order valence-corrected chi connectivity index (χ4v) is 6.50. The van der Waals surface area contributed by atoms with Gasteiger partial charge in [-0.15, -0.1) is 0 Å². The van der Waals surface area contributed by atoms with Gasteiger partial charge in [0.05, 0.1) is 36.9 Å². The smallest absolute Gasteiger partial charge is 0.416 e. The van der Waals surface area contributed by atoms with E-state index in [-0.39, 0.29) is 23.9 Å². The SMILES string of the molecule is COc1ccc(C2CCC(C(=O)O)CC2)cc1-c1cnc(N2CCC2)nc1CN1C(=O)O[C@H](c2cccc(C(F)(F)F)c2)[C@@H]1C. The molecule has 3 heterocycles. The standard InChI is InChI=1S/C33H35F3N4O5/c1-19-29(23-5-3-6-24(15-23)33(34,35)36)45-32(43)40(19)18-27-26(17-37-31(38-27)39-13-4-14-39)25-16-22(11-12-28(25)44-2)20-7-9-21(10-8-20)30(41)42/h3,5-6,11-12,15-17,19-21,29H,4,7-10,13-14,18H2,1-2H3,(H,41,42)/t19-,20?,21?,29-/m0/s1. The molecule has 12 heteroatoms. The van der Waals surface area contributed by atoms with E-state index in [0.717, 1.165) is 55.6 Å². The van der Waals surface area contributed by atoms with Crippen molar-refractivity contribution in [3.05, 3.63) is 71.0 Å². The lowest BCUT2D eigenvalue weighted by molar-refractivity contribution is -0.143. The number of amides is 1. The summed E-state index contributed by atoms with van der Waals surface area (Å²) in [5.74, 6) is 0.250. The minimum atomic E-state index is -4.52. The summed E-state index contributed by atoms with van der Waals surface area (Å²) in [5.41, 5.74) is 2.50. The molecule has 3 fully saturated rings. The highest BCUT2D eigenvalue weighted by molar-refractivity contribution is 5.75. The monoisotopic (exact) mass is 624 g/mol. The number of aliphatic carboxylic acids is 1. The molecule has 0 bridgehead atoms. The third-order valence-electron chi connectivity index (χ3n) is 9.31. The third-order valence-corrected chi connectivity index (χ3v) is 9.31. The zero-order valence-electron chi connectivity index (χ0n) is 25.1. The lowest BCUT2D eigenvalue weighted by Crippen LogP contribution is -2.39. The Balaban J connectivity index is 1.33. The predicted molar refractivity (Wildman–Crippen MR) is 159 cm³/mol. The number of methoxy groups -OCH3 is 1. The van der Waals surface area contributed by atoms with Crippen LogP contribution in [0.4, 0.5) is 23.9 Å². The van der Waals surface area contributed by atoms with Gasteiger partial charge in [-0.3, -0.25) is 9.69 Å². The molecule has 3 aromatic rings. The molecule has 1 amide bonds. The van der Waals surface area contributed by atoms with Crippen molar-refractivity contribution in [3.8, 4) is 16.9 Å². The number of hydrogen-bond acceptors (Lipinski definition) is 7. The van der Waals surface area contributed by atoms with Gasteiger partial charge in [-0.2, -0.15) is 13.2 Å². The molecule has 1 aromatic heterocycles. The van der Waals surface area contributed by atoms with Gasteiger partial charge in [0.15, 0.2) is 0 Å². The maximum atomic E-state index is 13.4. The molecule has 2 aromatic carbocycles. The molecule has 2 atom stereocenters. The summed E-state index contributed by atoms with van der Waals surface area (Å²) >= 11 is 0. The van der Waals surface area contributed by atoms with Gasteiger partial charge < -0.3 is 19.5 Å². The van der Waals surface area contributed by atoms with Crippen molar-refractivity contribution in [2.24, 2.45) is 5.92 Å². The number of hydrogen-bond donors (Lipinski definition) is 1. The molecule has 45 heavy (non-hydrogen) atoms. The summed E-state index contributed by atoms with van der Waals surface area (Å²) < 4.78 is 51.6. The fraction of sp³-hybridized carbons (Fsp3) is 0.455. The number of nitrogens with zero attached hydrogens (tertiary/aromatic N) is 4. The predicted octanol–water partition coefficient (Wildman–Crippen LogP) is 6.82. The molecule has 1 saturated carbocycles. The van der Waals surface area contributed by atoms with Gasteiger partial charge in [-0.25, -0.2) is 14.8 Å². The Bertz CT molecular complexity index is 1590. The number of carbonyl (C=O) groups excluding carboxylic acids is 1. The van der Waals surface area contributed by atoms with E-state index in [1.165, 1.54) is 17.0 Å². The first kappa shape index (κ1) is 30.7. The second kappa shape index (κ2) is 12.2. The van der Waals surface area contributed by atoms with E-state index >= 15 is 0 Å². The van der Waals surface area contributed by atoms with Gasteiger partial charge in [-0.1, -0.05) is 18.2 Å². The Hall–Kier alpha value is -4.35. The number of anilines is 1. The molecule has 1 N–H and O–H groups in total. The highest BCUT2D eigenvalue weighted by atomic mass is 19.4. The molecule has 2 saturated heterocycles. The molecule has 0 unspecified atom stereocenters. The zero-order chi connectivity index (χ0) is 31.9. The lowest BCUT2D eigenvalue weighted by Gasteiger charge is -2.31. The van der Waals surface area contributed by atoms with Gasteiger partial charge in [0, 0.05) is 30.4 Å². The number of carbonyl (C=O) groups is 2. The van der Waals surface area contributed by atoms with Crippen LogP contribution in [0.3, 0.4) is 0 Å². The molecular weight excluding hydrogens is 589 g/mol. The fourth-order valence-electron chi connectivity index (χ4n) is 6.50. The van der Waals surface area contributed by atoms with Crippen LogP contribution in [0.15, 0.2) is 48.7 Å². The van der Waals surface area contributed by atoms with Crippen LogP contribution in [0.25, 0.3) is 11.1 Å². The largest absolute Gasteiger partial charge is 0.496 e. The minimum absolute atomic E-state index is 0.0469. The maximum Gasteiger partial charge on any atom is 0.416 e. The summed E-state index contributed by atoms with van der Waals surface area (Å²) in [5, 5.41) is 9.43. The van der Waals surface area contributed by atoms with Crippen molar-refractivity contribution in [2.45, 2.75) is 69.8 Å². The summed E-state index contributed by atoms with van der Waals surface area (Å²) in [6.07, 6.45) is -0.556. The van der Waals surface area contributed by atoms with E-state index in [9.17, 15) is 27.9 Å². The van der Waals surface area contributed by atoms with Crippen LogP contribution in [0.1, 0.15) is 73.4 Å². The highest BCUT2D eigenvalue weighted by Crippen LogP contribution is 2.42. The van der Waals surface area contributed by atoms with Gasteiger partial charge in [0.25, 0.3) is 0 Å². The van der Waals surface area contributed by atoms with Gasteiger partial charge >= 0.3 is 18.2 Å². The second-order valence-corrected chi connectivity index (χ2v) is 12.0. The number of ether oxygens (including phenoxy) is 2. The van der Waals surface area contributed by atoms with Crippen LogP contribution in [0.2, 0.25) is 0 Å². The van der Waals surface area contributed by atoms with Crippen LogP contribution >= 0.6 is 0 Å². The van der Waals surface area contributed by atoms with Gasteiger partial charge in [0.2, 0.25) is 5.95 Å². The van der Waals surface area contributed by atoms with Crippen molar-refractivity contribution in [1.82, 2.24) is 14.9 Å². The molecule has 1 aliphatic carbocycles. The number of cyclic esters (lactones) is 1. The van der Waals surface area contributed by atoms with Gasteiger partial charge in [-0.05, 0) is 80.3 Å². The Morgan fingerprint density at radius 2 is 1.82 bits per heavy atom. The topological polar surface area (TPSA) is 105 Å². The Morgan fingerprint density at radius 3 is 2.47 bits per heavy atom. The number of carboxylic acids is 1. The lowest BCUT2D eigenvalue weighted by atomic mass is 9.78. The van der Waals surface area contributed by atoms with Crippen molar-refractivity contribution in [1.29, 1.82) is 0 Å². The van der Waals surface area contributed by atoms with Crippen LogP contribution in [-0.2, 0) is 22.3 Å². The van der Waals surface area contributed by atoms with E-state index in [1.54, 1.807) is 20.2 Å². The molecule has 3 aliphatic rings. The first-order valence-electron chi connectivity index (χ1n) is 15.2. The molecule has 9 nitrogen and oxygen atoms in total. The number of aromatic nitrogens is 2. The third kappa shape index (κ3) is 6.14. The zero-order valence-corrected chi connectivity index (χ0v) is 25.1. The Labute approximate surface area is 259 Å². The average Bonchev–Trinajstić information content (AvgIpc) is 3.28. The highest BCUT2D eigenvalue weighted by Gasteiger charge is 2.41. The summed E-state index contributed by atoms with van der Waals surface area (Å²) in [6, 6.07) is 10.2. The number of rotatable bonds is 8. The molecule has 238 valence electrons. The average molecular weight is 625 g/mol. The van der Waals surface area contributed by atoms with E-state index in [1.807, 2.05) is 23.1 Å². The molecule has 2 aliphatic heterocycles. The van der Waals surface area contributed by atoms with E-state index in [4.69, 9.17) is 14.5 Å². The molecule has 0 radical (unpaired) electrons. The van der Waals surface area contributed by atoms with Crippen molar-refractivity contribution < 1.29 is 37.3 Å². The van der Waals surface area contributed by atoms with Gasteiger partial charge in [0.1, 0.15) is 11.9 Å². The van der Waals surface area contributed by atoms with Crippen molar-refractivity contribution in [2.75, 3.05) is 25.1 Å². The number of halogens is 3. The number of benzene rings is 2. The van der Waals surface area contributed by atoms with Crippen molar-refractivity contribution in [3.63, 3.8) is 0 Å². The normalized spacial score (nSPS) is 23.4. The summed E-state index contributed by atoms with van der Waals surface area (Å²) in [4.78, 5) is 37.8. The molecule has 0 spiro atoms. The van der Waals surface area contributed by atoms with Crippen LogP contribution in [0.5, 0.6) is 5.75 Å². The van der Waals surface area contributed by atoms with E-state index < -0.39 is 35.9 Å². The summed E-state index contributed by atoms with van der Waals surface area (Å²) in [7, 11) is 1.57. The first-order valence-corrected chi connectivity index (χ1v) is 15.2. The first-order chi connectivity index (χ1) is 21.5. The Morgan fingerprint density at radius 1 is 1.07 bits per heavy atom. The summed E-state index contributed by atoms with van der Waals surface area (Å²) in [6.45, 7) is 3.43. The van der Waals surface area contributed by atoms with Crippen LogP contribution in [0, 0.1) is 5.92 Å². The van der Waals surface area contributed by atoms with E-state index in [0.29, 0.717) is 35.8 Å².